The summed E-state index contributed by atoms with van der Waals surface area (Å²) in [5.41, 5.74) is 3.34. The summed E-state index contributed by atoms with van der Waals surface area (Å²) in [6, 6.07) is 15.5. The maximum absolute atomic E-state index is 14.3. The van der Waals surface area contributed by atoms with Crippen LogP contribution in [0.1, 0.15) is 37.3 Å². The molecule has 0 saturated heterocycles. The number of carbonyl (C=O) groups is 1. The van der Waals surface area contributed by atoms with Gasteiger partial charge in [-0.15, -0.1) is 0 Å². The van der Waals surface area contributed by atoms with Crippen molar-refractivity contribution in [2.75, 3.05) is 32.0 Å². The predicted molar refractivity (Wildman–Crippen MR) is 127 cm³/mol. The summed E-state index contributed by atoms with van der Waals surface area (Å²) < 4.78 is 22.8. The number of pyridine rings is 1. The van der Waals surface area contributed by atoms with Crippen LogP contribution in [0.5, 0.6) is 23.1 Å². The van der Waals surface area contributed by atoms with Crippen molar-refractivity contribution in [1.29, 1.82) is 0 Å². The van der Waals surface area contributed by atoms with Crippen LogP contribution in [-0.4, -0.2) is 37.9 Å². The van der Waals surface area contributed by atoms with Gasteiger partial charge in [-0.25, -0.2) is 4.98 Å². The van der Waals surface area contributed by atoms with Crippen LogP contribution in [0.2, 0.25) is 0 Å². The molecule has 0 aliphatic carbocycles. The first-order valence-corrected chi connectivity index (χ1v) is 11.7. The topological polar surface area (TPSA) is 70.1 Å². The van der Waals surface area contributed by atoms with Crippen molar-refractivity contribution in [2.45, 2.75) is 31.6 Å². The molecule has 7 heteroatoms. The number of unbranched alkanes of at least 4 members (excludes halogenated alkanes) is 2. The van der Waals surface area contributed by atoms with E-state index < -0.39 is 5.41 Å². The molecule has 174 valence electrons. The molecule has 34 heavy (non-hydrogen) atoms. The van der Waals surface area contributed by atoms with Crippen LogP contribution in [0.4, 0.5) is 5.69 Å². The van der Waals surface area contributed by atoms with Crippen LogP contribution in [0.15, 0.2) is 48.5 Å². The van der Waals surface area contributed by atoms with Crippen LogP contribution in [0, 0.1) is 0 Å². The molecule has 1 unspecified atom stereocenters. The van der Waals surface area contributed by atoms with E-state index in [1.165, 1.54) is 0 Å². The summed E-state index contributed by atoms with van der Waals surface area (Å²) in [5, 5.41) is 0. The van der Waals surface area contributed by atoms with E-state index in [9.17, 15) is 4.79 Å². The lowest BCUT2D eigenvalue weighted by molar-refractivity contribution is -0.122. The number of carbonyl (C=O) groups excluding carboxylic acids is 1. The molecule has 1 aromatic heterocycles. The highest BCUT2D eigenvalue weighted by Crippen LogP contribution is 2.57. The molecule has 6 rings (SSSR count). The van der Waals surface area contributed by atoms with E-state index in [1.54, 1.807) is 7.11 Å². The summed E-state index contributed by atoms with van der Waals surface area (Å²) in [7, 11) is 1.60. The van der Waals surface area contributed by atoms with Gasteiger partial charge in [-0.1, -0.05) is 38.0 Å². The average Bonchev–Trinajstić information content (AvgIpc) is 3.55. The van der Waals surface area contributed by atoms with E-state index in [4.69, 9.17) is 23.9 Å². The van der Waals surface area contributed by atoms with Crippen LogP contribution >= 0.6 is 0 Å². The molecule has 1 atom stereocenters. The molecule has 4 heterocycles. The van der Waals surface area contributed by atoms with Gasteiger partial charge in [-0.05, 0) is 24.6 Å². The number of nitrogens with zero attached hydrogens (tertiary/aromatic N) is 2. The van der Waals surface area contributed by atoms with Crippen LogP contribution in [0.25, 0.3) is 11.3 Å². The van der Waals surface area contributed by atoms with E-state index in [-0.39, 0.29) is 19.3 Å². The van der Waals surface area contributed by atoms with Crippen molar-refractivity contribution in [3.8, 4) is 34.4 Å². The maximum Gasteiger partial charge on any atom is 0.245 e. The molecule has 0 radical (unpaired) electrons. The highest BCUT2D eigenvalue weighted by Gasteiger charge is 2.58. The minimum atomic E-state index is -0.973. The number of fused-ring (bicyclic) bond motifs is 5. The molecule has 0 saturated carbocycles. The van der Waals surface area contributed by atoms with Crippen molar-refractivity contribution in [2.24, 2.45) is 0 Å². The molecule has 0 bridgehead atoms. The number of ether oxygens (including phenoxy) is 4. The second-order valence-electron chi connectivity index (χ2n) is 8.82. The molecule has 3 aliphatic heterocycles. The van der Waals surface area contributed by atoms with Gasteiger partial charge >= 0.3 is 0 Å². The Bertz CT molecular complexity index is 1290. The molecule has 0 N–H and O–H groups in total. The van der Waals surface area contributed by atoms with Crippen LogP contribution < -0.4 is 23.8 Å². The van der Waals surface area contributed by atoms with Crippen LogP contribution in [0.3, 0.4) is 0 Å². The third-order valence-electron chi connectivity index (χ3n) is 6.94. The standard InChI is InChI=1S/C27H26N2O5/c1-3-4-5-12-29-20-10-6-8-17(19-9-7-11-24(28-19)31-2)25(20)27(26(29)30)15-32-21-14-23-22(13-18(21)27)33-16-34-23/h6-11,13-14H,3-5,12,15-16H2,1-2H3. The first-order valence-electron chi connectivity index (χ1n) is 11.7. The predicted octanol–water partition coefficient (Wildman–Crippen LogP) is 4.70. The molecular weight excluding hydrogens is 432 g/mol. The summed E-state index contributed by atoms with van der Waals surface area (Å²) in [4.78, 5) is 20.9. The molecule has 7 nitrogen and oxygen atoms in total. The third-order valence-corrected chi connectivity index (χ3v) is 6.94. The summed E-state index contributed by atoms with van der Waals surface area (Å²) in [6.07, 6.45) is 3.09. The fraction of sp³-hybridized carbons (Fsp3) is 0.333. The van der Waals surface area contributed by atoms with Crippen molar-refractivity contribution in [3.63, 3.8) is 0 Å². The van der Waals surface area contributed by atoms with Gasteiger partial charge in [0.2, 0.25) is 18.6 Å². The van der Waals surface area contributed by atoms with Crippen molar-refractivity contribution in [1.82, 2.24) is 4.98 Å². The van der Waals surface area contributed by atoms with E-state index in [0.717, 1.165) is 47.3 Å². The van der Waals surface area contributed by atoms with Gasteiger partial charge in [0.05, 0.1) is 12.8 Å². The zero-order valence-corrected chi connectivity index (χ0v) is 19.3. The number of hydrogen-bond donors (Lipinski definition) is 0. The Labute approximate surface area is 198 Å². The van der Waals surface area contributed by atoms with Gasteiger partial charge in [-0.2, -0.15) is 0 Å². The lowest BCUT2D eigenvalue weighted by Crippen LogP contribution is -2.43. The number of methoxy groups -OCH3 is 1. The lowest BCUT2D eigenvalue weighted by Gasteiger charge is -2.24. The van der Waals surface area contributed by atoms with Gasteiger partial charge in [0.1, 0.15) is 17.8 Å². The minimum absolute atomic E-state index is 0.0339. The number of aromatic nitrogens is 1. The lowest BCUT2D eigenvalue weighted by atomic mass is 9.74. The zero-order chi connectivity index (χ0) is 23.3. The number of amides is 1. The normalized spacial score (nSPS) is 19.4. The highest BCUT2D eigenvalue weighted by molar-refractivity contribution is 6.13. The largest absolute Gasteiger partial charge is 0.491 e. The van der Waals surface area contributed by atoms with Crippen molar-refractivity contribution < 1.29 is 23.7 Å². The van der Waals surface area contributed by atoms with E-state index in [2.05, 4.69) is 6.92 Å². The first-order chi connectivity index (χ1) is 16.7. The van der Waals surface area contributed by atoms with E-state index in [1.807, 2.05) is 53.4 Å². The Balaban J connectivity index is 1.58. The van der Waals surface area contributed by atoms with Gasteiger partial charge in [0.15, 0.2) is 11.5 Å². The highest BCUT2D eigenvalue weighted by atomic mass is 16.7. The van der Waals surface area contributed by atoms with E-state index >= 15 is 0 Å². The Morgan fingerprint density at radius 3 is 2.68 bits per heavy atom. The Morgan fingerprint density at radius 1 is 1.03 bits per heavy atom. The summed E-state index contributed by atoms with van der Waals surface area (Å²) >= 11 is 0. The fourth-order valence-corrected chi connectivity index (χ4v) is 5.32. The maximum atomic E-state index is 14.3. The second-order valence-corrected chi connectivity index (χ2v) is 8.82. The van der Waals surface area contributed by atoms with Crippen molar-refractivity contribution >= 4 is 11.6 Å². The number of hydrogen-bond acceptors (Lipinski definition) is 6. The fourth-order valence-electron chi connectivity index (χ4n) is 5.32. The smallest absolute Gasteiger partial charge is 0.245 e. The molecule has 1 spiro atoms. The second kappa shape index (κ2) is 7.94. The molecule has 3 aliphatic rings. The van der Waals surface area contributed by atoms with Crippen LogP contribution in [-0.2, 0) is 10.2 Å². The Hall–Kier alpha value is -3.74. The first kappa shape index (κ1) is 20.8. The van der Waals surface area contributed by atoms with Gasteiger partial charge in [0, 0.05) is 41.1 Å². The Kier molecular flexibility index (Phi) is 4.86. The minimum Gasteiger partial charge on any atom is -0.491 e. The molecule has 2 aromatic carbocycles. The summed E-state index contributed by atoms with van der Waals surface area (Å²) in [6.45, 7) is 3.22. The monoisotopic (exact) mass is 458 g/mol. The number of rotatable bonds is 6. The molecule has 0 fully saturated rings. The molecular formula is C27H26N2O5. The average molecular weight is 459 g/mol. The summed E-state index contributed by atoms with van der Waals surface area (Å²) in [5.74, 6) is 2.50. The number of benzene rings is 2. The van der Waals surface area contributed by atoms with E-state index in [0.29, 0.717) is 29.7 Å². The zero-order valence-electron chi connectivity index (χ0n) is 19.3. The Morgan fingerprint density at radius 2 is 1.85 bits per heavy atom. The van der Waals surface area contributed by atoms with Gasteiger partial charge < -0.3 is 23.8 Å². The SMILES string of the molecule is CCCCCN1C(=O)C2(COc3cc4c(cc32)OCO4)c2c(-c3cccc(OC)n3)cccc21. The van der Waals surface area contributed by atoms with Gasteiger partial charge in [0.25, 0.3) is 0 Å². The van der Waals surface area contributed by atoms with Crippen molar-refractivity contribution in [3.05, 3.63) is 59.7 Å². The molecule has 3 aromatic rings. The third kappa shape index (κ3) is 2.89. The molecule has 1 amide bonds. The number of anilines is 1. The van der Waals surface area contributed by atoms with Gasteiger partial charge in [-0.3, -0.25) is 4.79 Å². The quantitative estimate of drug-likeness (QED) is 0.499.